The lowest BCUT2D eigenvalue weighted by Crippen LogP contribution is -2.57. The van der Waals surface area contributed by atoms with Gasteiger partial charge in [0.2, 0.25) is 5.91 Å². The highest BCUT2D eigenvalue weighted by Crippen LogP contribution is 2.65. The van der Waals surface area contributed by atoms with Gasteiger partial charge in [-0.25, -0.2) is 0 Å². The molecule has 2 bridgehead atoms. The maximum atomic E-state index is 14.4. The largest absolute Gasteiger partial charge is 0.497 e. The lowest BCUT2D eigenvalue weighted by molar-refractivity contribution is -0.160. The van der Waals surface area contributed by atoms with Crippen molar-refractivity contribution < 1.29 is 33.7 Å². The third-order valence-electron chi connectivity index (χ3n) is 8.16. The van der Waals surface area contributed by atoms with Gasteiger partial charge >= 0.3 is 5.97 Å². The maximum absolute atomic E-state index is 14.4. The zero-order chi connectivity index (χ0) is 27.0. The van der Waals surface area contributed by atoms with Gasteiger partial charge in [0.25, 0.3) is 5.91 Å². The number of hydrogen-bond acceptors (Lipinski definition) is 7. The van der Waals surface area contributed by atoms with E-state index in [9.17, 15) is 19.5 Å². The zero-order valence-corrected chi connectivity index (χ0v) is 21.7. The molecule has 2 amide bonds. The molecule has 0 radical (unpaired) electrons. The molecule has 3 fully saturated rings. The van der Waals surface area contributed by atoms with Crippen molar-refractivity contribution in [2.75, 3.05) is 38.3 Å². The number of ether oxygens (including phenoxy) is 3. The van der Waals surface area contributed by atoms with Gasteiger partial charge in [0.1, 0.15) is 29.9 Å². The van der Waals surface area contributed by atoms with Crippen LogP contribution in [0.5, 0.6) is 5.75 Å². The highest BCUT2D eigenvalue weighted by Gasteiger charge is 2.80. The van der Waals surface area contributed by atoms with Crippen LogP contribution in [-0.4, -0.2) is 78.4 Å². The van der Waals surface area contributed by atoms with Crippen LogP contribution >= 0.6 is 0 Å². The fourth-order valence-electron chi connectivity index (χ4n) is 6.45. The molecule has 0 saturated carbocycles. The molecule has 9 nitrogen and oxygen atoms in total. The van der Waals surface area contributed by atoms with Crippen LogP contribution in [0.2, 0.25) is 0 Å². The van der Waals surface area contributed by atoms with E-state index >= 15 is 0 Å². The highest BCUT2D eigenvalue weighted by atomic mass is 16.6. The van der Waals surface area contributed by atoms with E-state index in [1.807, 2.05) is 13.8 Å². The molecule has 1 aromatic carbocycles. The van der Waals surface area contributed by atoms with Crippen molar-refractivity contribution in [2.24, 2.45) is 17.8 Å². The molecule has 1 N–H and O–H groups in total. The molecule has 1 aromatic rings. The summed E-state index contributed by atoms with van der Waals surface area (Å²) in [6.07, 6.45) is 3.84. The van der Waals surface area contributed by atoms with E-state index in [4.69, 9.17) is 14.2 Å². The van der Waals surface area contributed by atoms with Crippen molar-refractivity contribution in [2.45, 2.75) is 43.9 Å². The first-order valence-electron chi connectivity index (χ1n) is 12.7. The lowest BCUT2D eigenvalue weighted by Gasteiger charge is -2.37. The second kappa shape index (κ2) is 10.3. The molecule has 1 spiro atoms. The van der Waals surface area contributed by atoms with E-state index in [-0.39, 0.29) is 44.0 Å². The number of aliphatic hydroxyl groups excluding tert-OH is 1. The first-order chi connectivity index (χ1) is 17.7. The Morgan fingerprint density at radius 1 is 1.27 bits per heavy atom. The number of carbonyl (C=O) groups excluding carboxylic acids is 3. The Balaban J connectivity index is 1.79. The second-order valence-corrected chi connectivity index (χ2v) is 10.2. The molecule has 3 heterocycles. The smallest absolute Gasteiger partial charge is 0.313 e. The van der Waals surface area contributed by atoms with Crippen LogP contribution in [0.4, 0.5) is 5.69 Å². The molecule has 0 aliphatic carbocycles. The van der Waals surface area contributed by atoms with Gasteiger partial charge in [-0.05, 0) is 49.9 Å². The molecule has 3 aliphatic heterocycles. The second-order valence-electron chi connectivity index (χ2n) is 10.2. The average molecular weight is 513 g/mol. The summed E-state index contributed by atoms with van der Waals surface area (Å²) < 4.78 is 17.3. The van der Waals surface area contributed by atoms with Crippen LogP contribution in [0.25, 0.3) is 0 Å². The van der Waals surface area contributed by atoms with Crippen LogP contribution in [0, 0.1) is 17.8 Å². The number of benzene rings is 1. The third-order valence-corrected chi connectivity index (χ3v) is 8.16. The van der Waals surface area contributed by atoms with E-state index in [0.717, 1.165) is 0 Å². The SMILES string of the molecule is C=CCOC(=O)[C@H]1[C@H]2C(=O)N(CCCO)C(C(=O)N(CC=C)c3ccc(OC)cc3)C23CC(C)[C@]1(C)O3. The van der Waals surface area contributed by atoms with Crippen LogP contribution in [0.3, 0.4) is 0 Å². The Kier molecular flexibility index (Phi) is 7.48. The van der Waals surface area contributed by atoms with Crippen LogP contribution in [0.15, 0.2) is 49.6 Å². The lowest BCUT2D eigenvalue weighted by atomic mass is 9.62. The minimum absolute atomic E-state index is 0.0227. The number of anilines is 1. The van der Waals surface area contributed by atoms with E-state index < -0.39 is 35.0 Å². The summed E-state index contributed by atoms with van der Waals surface area (Å²) in [5.74, 6) is -2.34. The predicted molar refractivity (Wildman–Crippen MR) is 137 cm³/mol. The van der Waals surface area contributed by atoms with Gasteiger partial charge in [-0.2, -0.15) is 0 Å². The Bertz CT molecular complexity index is 1070. The van der Waals surface area contributed by atoms with Crippen molar-refractivity contribution >= 4 is 23.5 Å². The molecule has 3 unspecified atom stereocenters. The molecule has 4 rings (SSSR count). The molecule has 9 heteroatoms. The molecule has 200 valence electrons. The number of nitrogens with zero attached hydrogens (tertiary/aromatic N) is 2. The van der Waals surface area contributed by atoms with Crippen molar-refractivity contribution in [3.05, 3.63) is 49.6 Å². The summed E-state index contributed by atoms with van der Waals surface area (Å²) in [5, 5.41) is 9.54. The van der Waals surface area contributed by atoms with Crippen LogP contribution < -0.4 is 9.64 Å². The number of aliphatic hydroxyl groups is 1. The summed E-state index contributed by atoms with van der Waals surface area (Å²) in [4.78, 5) is 44.7. The fraction of sp³-hybridized carbons (Fsp3) is 0.536. The standard InChI is InChI=1S/C28H36N2O7/c1-6-13-29(19-9-11-20(35-5)12-10-19)25(33)23-28-17-18(3)27(4,37-28)22(26(34)36-16-7-2)21(28)24(32)30(23)14-8-15-31/h6-7,9-12,18,21-23,31H,1-2,8,13-17H2,3-5H3/t18?,21-,22+,23?,27-,28?/m0/s1. The number of hydrogen-bond donors (Lipinski definition) is 1. The van der Waals surface area contributed by atoms with Crippen molar-refractivity contribution in [3.63, 3.8) is 0 Å². The summed E-state index contributed by atoms with van der Waals surface area (Å²) in [6, 6.07) is 6.10. The minimum Gasteiger partial charge on any atom is -0.497 e. The van der Waals surface area contributed by atoms with Gasteiger partial charge in [-0.15, -0.1) is 6.58 Å². The van der Waals surface area contributed by atoms with Crippen LogP contribution in [-0.2, 0) is 23.9 Å². The number of likely N-dealkylation sites (tertiary alicyclic amines) is 1. The first-order valence-corrected chi connectivity index (χ1v) is 12.7. The van der Waals surface area contributed by atoms with Gasteiger partial charge in [-0.1, -0.05) is 25.7 Å². The van der Waals surface area contributed by atoms with Crippen LogP contribution in [0.1, 0.15) is 26.7 Å². The van der Waals surface area contributed by atoms with Gasteiger partial charge < -0.3 is 29.1 Å². The fourth-order valence-corrected chi connectivity index (χ4v) is 6.45. The highest BCUT2D eigenvalue weighted by molar-refractivity contribution is 6.04. The number of carbonyl (C=O) groups is 3. The number of esters is 1. The third kappa shape index (κ3) is 4.14. The Hall–Kier alpha value is -3.17. The van der Waals surface area contributed by atoms with E-state index in [1.54, 1.807) is 42.4 Å². The topological polar surface area (TPSA) is 106 Å². The predicted octanol–water partition coefficient (Wildman–Crippen LogP) is 2.34. The normalized spacial score (nSPS) is 31.7. The first kappa shape index (κ1) is 26.9. The molecule has 0 aromatic heterocycles. The minimum atomic E-state index is -1.19. The van der Waals surface area contributed by atoms with Gasteiger partial charge in [0.05, 0.1) is 18.6 Å². The summed E-state index contributed by atoms with van der Waals surface area (Å²) in [5.41, 5.74) is -1.53. The number of methoxy groups -OCH3 is 1. The van der Waals surface area contributed by atoms with Gasteiger partial charge in [0.15, 0.2) is 0 Å². The van der Waals surface area contributed by atoms with Crippen molar-refractivity contribution in [1.29, 1.82) is 0 Å². The molecular formula is C28H36N2O7. The Morgan fingerprint density at radius 3 is 2.57 bits per heavy atom. The summed E-state index contributed by atoms with van der Waals surface area (Å²) in [7, 11) is 1.57. The van der Waals surface area contributed by atoms with Gasteiger partial charge in [-0.3, -0.25) is 14.4 Å². The summed E-state index contributed by atoms with van der Waals surface area (Å²) in [6.45, 7) is 11.5. The van der Waals surface area contributed by atoms with Crippen molar-refractivity contribution in [3.8, 4) is 5.75 Å². The maximum Gasteiger partial charge on any atom is 0.313 e. The van der Waals surface area contributed by atoms with Gasteiger partial charge in [0, 0.05) is 25.4 Å². The molecule has 37 heavy (non-hydrogen) atoms. The molecule has 3 saturated heterocycles. The zero-order valence-electron chi connectivity index (χ0n) is 21.7. The molecular weight excluding hydrogens is 476 g/mol. The Labute approximate surface area is 217 Å². The van der Waals surface area contributed by atoms with E-state index in [1.165, 1.54) is 11.0 Å². The van der Waals surface area contributed by atoms with E-state index in [2.05, 4.69) is 13.2 Å². The van der Waals surface area contributed by atoms with Crippen molar-refractivity contribution in [1.82, 2.24) is 4.90 Å². The number of fused-ring (bicyclic) bond motifs is 1. The monoisotopic (exact) mass is 512 g/mol. The summed E-state index contributed by atoms with van der Waals surface area (Å²) >= 11 is 0. The number of rotatable bonds is 11. The van der Waals surface area contributed by atoms with E-state index in [0.29, 0.717) is 24.3 Å². The quantitative estimate of drug-likeness (QED) is 0.358. The molecule has 3 aliphatic rings. The average Bonchev–Trinajstić information content (AvgIpc) is 3.40. The number of amides is 2. The molecule has 6 atom stereocenters. The Morgan fingerprint density at radius 2 is 1.97 bits per heavy atom.